The van der Waals surface area contributed by atoms with Gasteiger partial charge in [-0.15, -0.1) is 0 Å². The molecule has 294 valence electrons. The van der Waals surface area contributed by atoms with Gasteiger partial charge >= 0.3 is 0 Å². The molecule has 2 aliphatic heterocycles. The van der Waals surface area contributed by atoms with Crippen LogP contribution in [-0.2, 0) is 0 Å². The lowest BCUT2D eigenvalue weighted by atomic mass is 9.94. The molecule has 6 heteroatoms. The molecular weight excluding hydrogens is 749 g/mol. The average molecular weight is 791 g/mol. The van der Waals surface area contributed by atoms with E-state index in [1.165, 1.54) is 0 Å². The minimum atomic E-state index is -0.323. The first-order valence-corrected chi connectivity index (χ1v) is 20.5. The average Bonchev–Trinajstić information content (AvgIpc) is 3.78. The normalized spacial score (nSPS) is 15.5. The van der Waals surface area contributed by atoms with Crippen molar-refractivity contribution in [2.24, 2.45) is 4.99 Å². The number of allylic oxidation sites excluding steroid dienone is 1. The highest BCUT2D eigenvalue weighted by molar-refractivity contribution is 6.13. The number of benzene rings is 8. The van der Waals surface area contributed by atoms with E-state index < -0.39 is 0 Å². The predicted molar refractivity (Wildman–Crippen MR) is 248 cm³/mol. The molecule has 2 unspecified atom stereocenters. The van der Waals surface area contributed by atoms with Gasteiger partial charge in [-0.05, 0) is 75.4 Å². The number of para-hydroxylation sites is 1. The molecule has 2 N–H and O–H groups in total. The fourth-order valence-corrected chi connectivity index (χ4v) is 8.19. The molecule has 2 atom stereocenters. The smallest absolute Gasteiger partial charge is 0.255 e. The maximum atomic E-state index is 13.5. The van der Waals surface area contributed by atoms with Crippen molar-refractivity contribution in [3.05, 3.63) is 240 Å². The molecule has 61 heavy (non-hydrogen) atoms. The highest BCUT2D eigenvalue weighted by Crippen LogP contribution is 2.47. The molecule has 2 heterocycles. The van der Waals surface area contributed by atoms with Crippen LogP contribution < -0.4 is 15.4 Å². The molecule has 0 fully saturated rings. The van der Waals surface area contributed by atoms with Gasteiger partial charge in [0.1, 0.15) is 11.9 Å². The Balaban J connectivity index is 0.949. The van der Waals surface area contributed by atoms with Crippen molar-refractivity contribution in [2.45, 2.75) is 12.4 Å². The standard InChI is InChI=1S/C55H42N4O2/c1-59-50(36-49(40-15-6-2-7-16-40)56-53(59)42-17-8-3-9-18-42)41-31-29-38(30-32-41)37-25-27-39(28-26-37)45-33-34-48(57-54(60)43-19-10-4-11-20-43)47(35-45)46-23-14-24-51-52(46)58-55(61-51)44-21-12-5-13-22-44/h2-36,53,55,58H,1H3,(H,57,60). The molecule has 0 aromatic heterocycles. The van der Waals surface area contributed by atoms with Crippen molar-refractivity contribution < 1.29 is 9.53 Å². The van der Waals surface area contributed by atoms with Crippen LogP contribution in [0, 0.1) is 0 Å². The van der Waals surface area contributed by atoms with Crippen LogP contribution in [0.25, 0.3) is 39.1 Å². The van der Waals surface area contributed by atoms with E-state index in [1.807, 2.05) is 78.9 Å². The number of amides is 1. The van der Waals surface area contributed by atoms with E-state index in [0.29, 0.717) is 11.3 Å². The number of ether oxygens (including phenoxy) is 1. The van der Waals surface area contributed by atoms with E-state index in [1.54, 1.807) is 0 Å². The monoisotopic (exact) mass is 790 g/mol. The van der Waals surface area contributed by atoms with Gasteiger partial charge in [0.25, 0.3) is 5.91 Å². The van der Waals surface area contributed by atoms with Gasteiger partial charge in [-0.1, -0.05) is 176 Å². The summed E-state index contributed by atoms with van der Waals surface area (Å²) in [7, 11) is 2.12. The maximum absolute atomic E-state index is 13.5. The number of carbonyl (C=O) groups is 1. The van der Waals surface area contributed by atoms with E-state index >= 15 is 0 Å². The summed E-state index contributed by atoms with van der Waals surface area (Å²) in [5, 5.41) is 6.81. The van der Waals surface area contributed by atoms with Crippen molar-refractivity contribution in [1.29, 1.82) is 0 Å². The van der Waals surface area contributed by atoms with Crippen LogP contribution in [0.4, 0.5) is 11.4 Å². The van der Waals surface area contributed by atoms with E-state index in [2.05, 4.69) is 156 Å². The molecule has 0 aliphatic carbocycles. The van der Waals surface area contributed by atoms with Gasteiger partial charge in [0.15, 0.2) is 6.23 Å². The summed E-state index contributed by atoms with van der Waals surface area (Å²) in [6.07, 6.45) is 1.73. The molecule has 0 saturated carbocycles. The van der Waals surface area contributed by atoms with Crippen molar-refractivity contribution >= 4 is 28.7 Å². The molecule has 2 aliphatic rings. The van der Waals surface area contributed by atoms with Crippen LogP contribution >= 0.6 is 0 Å². The Bertz CT molecular complexity index is 2890. The van der Waals surface area contributed by atoms with Gasteiger partial charge in [-0.25, -0.2) is 0 Å². The van der Waals surface area contributed by atoms with Crippen LogP contribution in [0.5, 0.6) is 5.75 Å². The second-order valence-corrected chi connectivity index (χ2v) is 15.3. The number of hydrogen-bond acceptors (Lipinski definition) is 5. The number of rotatable bonds is 9. The zero-order valence-electron chi connectivity index (χ0n) is 33.6. The number of hydrogen-bond donors (Lipinski definition) is 2. The summed E-state index contributed by atoms with van der Waals surface area (Å²) in [6, 6.07) is 70.0. The van der Waals surface area contributed by atoms with Crippen molar-refractivity contribution in [2.75, 3.05) is 17.7 Å². The van der Waals surface area contributed by atoms with Gasteiger partial charge in [0, 0.05) is 40.7 Å². The first-order chi connectivity index (χ1) is 30.1. The highest BCUT2D eigenvalue weighted by Gasteiger charge is 2.28. The first-order valence-electron chi connectivity index (χ1n) is 20.5. The van der Waals surface area contributed by atoms with Crippen LogP contribution in [0.1, 0.15) is 45.0 Å². The Labute approximate surface area is 356 Å². The first kappa shape index (κ1) is 37.3. The number of nitrogens with zero attached hydrogens (tertiary/aromatic N) is 2. The summed E-state index contributed by atoms with van der Waals surface area (Å²) in [5.74, 6) is 0.593. The number of carbonyl (C=O) groups excluding carboxylic acids is 1. The Morgan fingerprint density at radius 2 is 1.11 bits per heavy atom. The SMILES string of the molecule is CN1C(c2ccc(-c3ccc(-c4ccc(NC(=O)c5ccccc5)c(-c5cccc6c5NC(c5ccccc5)O6)c4)cc3)cc2)=CC(c2ccccc2)=NC1c1ccccc1. The molecule has 0 saturated heterocycles. The van der Waals surface area contributed by atoms with Gasteiger partial charge in [-0.3, -0.25) is 9.79 Å². The molecule has 0 spiro atoms. The Morgan fingerprint density at radius 1 is 0.557 bits per heavy atom. The third-order valence-corrected chi connectivity index (χ3v) is 11.4. The van der Waals surface area contributed by atoms with E-state index in [-0.39, 0.29) is 18.3 Å². The lowest BCUT2D eigenvalue weighted by molar-refractivity contribution is 0.102. The van der Waals surface area contributed by atoms with Gasteiger partial charge in [0.05, 0.1) is 11.4 Å². The zero-order valence-corrected chi connectivity index (χ0v) is 33.6. The number of anilines is 2. The van der Waals surface area contributed by atoms with Gasteiger partial charge < -0.3 is 20.3 Å². The molecule has 8 aromatic carbocycles. The highest BCUT2D eigenvalue weighted by atomic mass is 16.5. The summed E-state index contributed by atoms with van der Waals surface area (Å²) in [6.45, 7) is 0. The number of fused-ring (bicyclic) bond motifs is 1. The Hall–Kier alpha value is -7.96. The number of nitrogens with one attached hydrogen (secondary N) is 2. The molecule has 1 amide bonds. The quantitative estimate of drug-likeness (QED) is 0.153. The second-order valence-electron chi connectivity index (χ2n) is 15.3. The number of aliphatic imine (C=N–C) groups is 1. The summed E-state index contributed by atoms with van der Waals surface area (Å²) >= 11 is 0. The van der Waals surface area contributed by atoms with Crippen LogP contribution in [0.2, 0.25) is 0 Å². The van der Waals surface area contributed by atoms with E-state index in [4.69, 9.17) is 9.73 Å². The van der Waals surface area contributed by atoms with Crippen molar-refractivity contribution in [1.82, 2.24) is 4.90 Å². The molecule has 0 radical (unpaired) electrons. The Kier molecular flexibility index (Phi) is 10.0. The fraction of sp³-hybridized carbons (Fsp3) is 0.0545. The second kappa shape index (κ2) is 16.4. The fourth-order valence-electron chi connectivity index (χ4n) is 8.19. The van der Waals surface area contributed by atoms with Crippen molar-refractivity contribution in [3.8, 4) is 39.1 Å². The minimum Gasteiger partial charge on any atom is -0.464 e. The minimum absolute atomic E-state index is 0.142. The van der Waals surface area contributed by atoms with Gasteiger partial charge in [-0.2, -0.15) is 0 Å². The van der Waals surface area contributed by atoms with E-state index in [0.717, 1.165) is 78.5 Å². The molecule has 8 aromatic rings. The summed E-state index contributed by atoms with van der Waals surface area (Å²) in [5.41, 5.74) is 14.9. The lowest BCUT2D eigenvalue weighted by Crippen LogP contribution is -2.27. The molecule has 0 bridgehead atoms. The maximum Gasteiger partial charge on any atom is 0.255 e. The Morgan fingerprint density at radius 3 is 1.77 bits per heavy atom. The molecular formula is C55H42N4O2. The third-order valence-electron chi connectivity index (χ3n) is 11.4. The molecule has 6 nitrogen and oxygen atoms in total. The van der Waals surface area contributed by atoms with E-state index in [9.17, 15) is 4.79 Å². The molecule has 10 rings (SSSR count). The van der Waals surface area contributed by atoms with Gasteiger partial charge in [0.2, 0.25) is 0 Å². The zero-order chi connectivity index (χ0) is 41.1. The summed E-state index contributed by atoms with van der Waals surface area (Å²) in [4.78, 5) is 21.0. The van der Waals surface area contributed by atoms with Crippen LogP contribution in [0.15, 0.2) is 217 Å². The van der Waals surface area contributed by atoms with Crippen LogP contribution in [-0.4, -0.2) is 23.6 Å². The third kappa shape index (κ3) is 7.59. The lowest BCUT2D eigenvalue weighted by Gasteiger charge is -2.34. The van der Waals surface area contributed by atoms with Crippen LogP contribution in [0.3, 0.4) is 0 Å². The largest absolute Gasteiger partial charge is 0.464 e. The summed E-state index contributed by atoms with van der Waals surface area (Å²) < 4.78 is 6.40. The topological polar surface area (TPSA) is 66.0 Å². The predicted octanol–water partition coefficient (Wildman–Crippen LogP) is 12.9. The van der Waals surface area contributed by atoms with Crippen molar-refractivity contribution in [3.63, 3.8) is 0 Å².